The first-order chi connectivity index (χ1) is 3.91. The van der Waals surface area contributed by atoms with E-state index in [2.05, 4.69) is 12.0 Å². The summed E-state index contributed by atoms with van der Waals surface area (Å²) in [5.74, 6) is 4.42. The van der Waals surface area contributed by atoms with Gasteiger partial charge in [0.25, 0.3) is 0 Å². The lowest BCUT2D eigenvalue weighted by Gasteiger charge is -1.84. The molecule has 8 heavy (non-hydrogen) atoms. The fourth-order valence-electron chi connectivity index (χ4n) is 0.282. The summed E-state index contributed by atoms with van der Waals surface area (Å²) in [5, 5.41) is 0. The van der Waals surface area contributed by atoms with Crippen LogP contribution in [0.1, 0.15) is 6.92 Å². The van der Waals surface area contributed by atoms with Crippen LogP contribution in [0.2, 0.25) is 0 Å². The summed E-state index contributed by atoms with van der Waals surface area (Å²) >= 11 is 1.75. The molecule has 0 N–H and O–H groups in total. The van der Waals surface area contributed by atoms with Gasteiger partial charge >= 0.3 is 0 Å². The molecule has 0 saturated carbocycles. The van der Waals surface area contributed by atoms with Crippen LogP contribution in [0.3, 0.4) is 0 Å². The van der Waals surface area contributed by atoms with Crippen LogP contribution in [0.4, 0.5) is 0 Å². The molecule has 0 bridgehead atoms. The first kappa shape index (κ1) is 7.65. The highest BCUT2D eigenvalue weighted by atomic mass is 32.2. The Labute approximate surface area is 55.4 Å². The normalized spacial score (nSPS) is 9.50. The van der Waals surface area contributed by atoms with Gasteiger partial charge in [-0.25, -0.2) is 0 Å². The Kier molecular flexibility index (Phi) is 6.36. The van der Waals surface area contributed by atoms with Gasteiger partial charge in [0.2, 0.25) is 0 Å². The van der Waals surface area contributed by atoms with E-state index in [4.69, 9.17) is 6.42 Å². The van der Waals surface area contributed by atoms with Crippen molar-refractivity contribution in [3.05, 3.63) is 12.2 Å². The average molecular weight is 126 g/mol. The Morgan fingerprint density at radius 3 is 3.00 bits per heavy atom. The minimum absolute atomic E-state index is 0.824. The monoisotopic (exact) mass is 126 g/mol. The van der Waals surface area contributed by atoms with Gasteiger partial charge in [0.1, 0.15) is 0 Å². The van der Waals surface area contributed by atoms with Gasteiger partial charge in [-0.1, -0.05) is 18.1 Å². The summed E-state index contributed by atoms with van der Waals surface area (Å²) < 4.78 is 0. The topological polar surface area (TPSA) is 0 Å². The van der Waals surface area contributed by atoms with Crippen LogP contribution >= 0.6 is 11.8 Å². The molecule has 0 unspecified atom stereocenters. The predicted octanol–water partition coefficient (Wildman–Crippen LogP) is 1.93. The molecule has 44 valence electrons. The number of hydrogen-bond donors (Lipinski definition) is 0. The molecular weight excluding hydrogens is 116 g/mol. The van der Waals surface area contributed by atoms with E-state index in [1.54, 1.807) is 11.8 Å². The lowest BCUT2D eigenvalue weighted by atomic mass is 10.6. The van der Waals surface area contributed by atoms with Gasteiger partial charge in [-0.3, -0.25) is 0 Å². The van der Waals surface area contributed by atoms with Crippen molar-refractivity contribution in [3.63, 3.8) is 0 Å². The molecule has 0 aromatic carbocycles. The third-order valence-electron chi connectivity index (χ3n) is 0.635. The van der Waals surface area contributed by atoms with Crippen molar-refractivity contribution in [1.82, 2.24) is 0 Å². The maximum absolute atomic E-state index is 5.02. The molecular formula is C7H10S. The molecule has 1 heteroatoms. The second kappa shape index (κ2) is 6.65. The Balaban J connectivity index is 2.85. The lowest BCUT2D eigenvalue weighted by molar-refractivity contribution is 1.65. The van der Waals surface area contributed by atoms with Gasteiger partial charge in [-0.2, -0.15) is 0 Å². The Morgan fingerprint density at radius 2 is 2.50 bits per heavy atom. The third kappa shape index (κ3) is 5.65. The zero-order chi connectivity index (χ0) is 6.24. The average Bonchev–Trinajstić information content (AvgIpc) is 1.81. The van der Waals surface area contributed by atoms with E-state index in [1.807, 2.05) is 13.0 Å². The van der Waals surface area contributed by atoms with E-state index in [0.717, 1.165) is 11.5 Å². The minimum atomic E-state index is 0.824. The summed E-state index contributed by atoms with van der Waals surface area (Å²) in [6.07, 6.45) is 9.15. The number of rotatable bonds is 3. The summed E-state index contributed by atoms with van der Waals surface area (Å²) in [7, 11) is 0. The number of hydrogen-bond acceptors (Lipinski definition) is 1. The zero-order valence-electron chi connectivity index (χ0n) is 5.05. The molecule has 0 amide bonds. The smallest absolute Gasteiger partial charge is 0.0547 e. The molecule has 0 fully saturated rings. The van der Waals surface area contributed by atoms with Crippen molar-refractivity contribution >= 4 is 11.8 Å². The Bertz CT molecular complexity index is 97.4. The molecule has 0 rings (SSSR count). The van der Waals surface area contributed by atoms with Crippen molar-refractivity contribution in [2.45, 2.75) is 6.92 Å². The van der Waals surface area contributed by atoms with Crippen LogP contribution in [-0.4, -0.2) is 11.5 Å². The first-order valence-corrected chi connectivity index (χ1v) is 3.69. The van der Waals surface area contributed by atoms with E-state index in [-0.39, 0.29) is 0 Å². The van der Waals surface area contributed by atoms with Crippen molar-refractivity contribution < 1.29 is 0 Å². The number of allylic oxidation sites excluding steroid dienone is 1. The van der Waals surface area contributed by atoms with Crippen LogP contribution in [0.15, 0.2) is 12.2 Å². The molecule has 0 aliphatic carbocycles. The zero-order valence-corrected chi connectivity index (χ0v) is 5.87. The van der Waals surface area contributed by atoms with Gasteiger partial charge in [0, 0.05) is 5.75 Å². The van der Waals surface area contributed by atoms with Crippen LogP contribution in [-0.2, 0) is 0 Å². The quantitative estimate of drug-likeness (QED) is 0.316. The van der Waals surface area contributed by atoms with Gasteiger partial charge in [0.15, 0.2) is 0 Å². The maximum atomic E-state index is 5.02. The van der Waals surface area contributed by atoms with Gasteiger partial charge in [-0.15, -0.1) is 18.2 Å². The van der Waals surface area contributed by atoms with Crippen molar-refractivity contribution in [1.29, 1.82) is 0 Å². The molecule has 0 aliphatic heterocycles. The molecule has 0 aliphatic rings. The Morgan fingerprint density at radius 1 is 1.75 bits per heavy atom. The summed E-state index contributed by atoms with van der Waals surface area (Å²) in [6.45, 7) is 2.01. The van der Waals surface area contributed by atoms with E-state index in [0.29, 0.717) is 0 Å². The minimum Gasteiger partial charge on any atom is -0.145 e. The highest BCUT2D eigenvalue weighted by Crippen LogP contribution is 1.96. The van der Waals surface area contributed by atoms with Crippen molar-refractivity contribution in [2.24, 2.45) is 0 Å². The van der Waals surface area contributed by atoms with Crippen LogP contribution in [0.5, 0.6) is 0 Å². The highest BCUT2D eigenvalue weighted by Gasteiger charge is 1.75. The second-order valence-corrected chi connectivity index (χ2v) is 2.32. The van der Waals surface area contributed by atoms with E-state index in [9.17, 15) is 0 Å². The second-order valence-electron chi connectivity index (χ2n) is 1.29. The molecule has 0 aromatic rings. The van der Waals surface area contributed by atoms with Crippen LogP contribution in [0.25, 0.3) is 0 Å². The fraction of sp³-hybridized carbons (Fsp3) is 0.429. The van der Waals surface area contributed by atoms with Gasteiger partial charge in [0.05, 0.1) is 5.75 Å². The number of terminal acetylenes is 1. The standard InChI is InChI=1S/C7H10S/c1-3-5-7-8-6-4-2/h2-3,5H,6-7H2,1H3. The molecule has 0 atom stereocenters. The summed E-state index contributed by atoms with van der Waals surface area (Å²) in [5.41, 5.74) is 0. The third-order valence-corrected chi connectivity index (χ3v) is 1.43. The predicted molar refractivity (Wildman–Crippen MR) is 41.0 cm³/mol. The molecule has 0 nitrogen and oxygen atoms in total. The largest absolute Gasteiger partial charge is 0.145 e. The highest BCUT2D eigenvalue weighted by molar-refractivity contribution is 7.99. The summed E-state index contributed by atoms with van der Waals surface area (Å²) in [6, 6.07) is 0. The molecule has 0 aromatic heterocycles. The molecule has 0 radical (unpaired) electrons. The number of thioether (sulfide) groups is 1. The van der Waals surface area contributed by atoms with Gasteiger partial charge < -0.3 is 0 Å². The lowest BCUT2D eigenvalue weighted by Crippen LogP contribution is -1.71. The van der Waals surface area contributed by atoms with Crippen LogP contribution < -0.4 is 0 Å². The van der Waals surface area contributed by atoms with E-state index < -0.39 is 0 Å². The van der Waals surface area contributed by atoms with E-state index in [1.165, 1.54) is 0 Å². The molecule has 0 spiro atoms. The first-order valence-electron chi connectivity index (χ1n) is 2.54. The SMILES string of the molecule is C#CCSCC=CC. The van der Waals surface area contributed by atoms with Gasteiger partial charge in [-0.05, 0) is 6.92 Å². The Hall–Kier alpha value is -0.350. The van der Waals surface area contributed by atoms with E-state index >= 15 is 0 Å². The maximum Gasteiger partial charge on any atom is 0.0547 e. The molecule has 0 heterocycles. The van der Waals surface area contributed by atoms with Crippen LogP contribution in [0, 0.1) is 12.3 Å². The fourth-order valence-corrected chi connectivity index (χ4v) is 0.846. The molecule has 0 saturated heterocycles. The van der Waals surface area contributed by atoms with Crippen molar-refractivity contribution in [3.8, 4) is 12.3 Å². The van der Waals surface area contributed by atoms with Crippen molar-refractivity contribution in [2.75, 3.05) is 11.5 Å². The summed E-state index contributed by atoms with van der Waals surface area (Å²) in [4.78, 5) is 0.